The van der Waals surface area contributed by atoms with Gasteiger partial charge in [0.25, 0.3) is 0 Å². The number of fused-ring (bicyclic) bond motifs is 5. The number of ketones is 1. The Morgan fingerprint density at radius 1 is 0.911 bits per heavy atom. The van der Waals surface area contributed by atoms with E-state index in [9.17, 15) is 14.4 Å². The number of allylic oxidation sites excluding steroid dienone is 4. The molecule has 5 aliphatic rings. The van der Waals surface area contributed by atoms with Crippen LogP contribution in [-0.4, -0.2) is 92.9 Å². The molecule has 5 rings (SSSR count). The molecule has 2 saturated heterocycles. The Morgan fingerprint density at radius 3 is 2.36 bits per heavy atom. The van der Waals surface area contributed by atoms with Gasteiger partial charge in [0.15, 0.2) is 18.2 Å². The summed E-state index contributed by atoms with van der Waals surface area (Å²) in [5.74, 6) is -0.781. The summed E-state index contributed by atoms with van der Waals surface area (Å²) >= 11 is 11.6. The normalized spacial score (nSPS) is 42.1. The van der Waals surface area contributed by atoms with Crippen molar-refractivity contribution in [3.05, 3.63) is 23.8 Å². The van der Waals surface area contributed by atoms with Gasteiger partial charge in [-0.3, -0.25) is 9.59 Å². The minimum atomic E-state index is -1.38. The molecule has 0 aromatic heterocycles. The van der Waals surface area contributed by atoms with Crippen molar-refractivity contribution in [3.63, 3.8) is 0 Å². The van der Waals surface area contributed by atoms with E-state index in [-0.39, 0.29) is 66.1 Å². The van der Waals surface area contributed by atoms with Gasteiger partial charge in [-0.2, -0.15) is 0 Å². The lowest BCUT2D eigenvalue weighted by Crippen LogP contribution is -2.60. The number of cyclic esters (lactones) is 1. The standard InChI is InChI=1S/C33H46Cl2O10/c1-16-7-6-8-19(39-3)13-26(36)25-14-23-21(24(25)15-27(37)42-16)10-9-18-11-20(12-22(18)23)44-33-30(45-32(38)31(34)35)29(41-5)28(40-4)17(2)43-33/h9-10,14,16-24,28-31,33H,6-8,11-13,15H2,1-5H3/t16?,17-,18?,19?,20?,21?,22?,23?,24?,28+,29-,30-,33+/m1/s1. The Kier molecular flexibility index (Phi) is 11.7. The number of carbonyl (C=O) groups is 3. The van der Waals surface area contributed by atoms with Crippen LogP contribution >= 0.6 is 23.2 Å². The summed E-state index contributed by atoms with van der Waals surface area (Å²) in [6, 6.07) is 0. The van der Waals surface area contributed by atoms with Gasteiger partial charge in [-0.05, 0) is 75.2 Å². The highest BCUT2D eigenvalue weighted by molar-refractivity contribution is 6.52. The average Bonchev–Trinajstić information content (AvgIpc) is 3.57. The second-order valence-corrected chi connectivity index (χ2v) is 14.2. The van der Waals surface area contributed by atoms with Gasteiger partial charge in [0.05, 0.1) is 30.8 Å². The summed E-state index contributed by atoms with van der Waals surface area (Å²) in [6.45, 7) is 3.77. The van der Waals surface area contributed by atoms with Crippen LogP contribution < -0.4 is 0 Å². The molecule has 10 nitrogen and oxygen atoms in total. The second kappa shape index (κ2) is 15.1. The van der Waals surface area contributed by atoms with Crippen LogP contribution in [0.2, 0.25) is 0 Å². The fraction of sp³-hybridized carbons (Fsp3) is 0.788. The van der Waals surface area contributed by atoms with E-state index in [1.165, 1.54) is 14.2 Å². The van der Waals surface area contributed by atoms with E-state index in [1.54, 1.807) is 7.11 Å². The van der Waals surface area contributed by atoms with Crippen LogP contribution in [0, 0.1) is 29.6 Å². The predicted molar refractivity (Wildman–Crippen MR) is 165 cm³/mol. The lowest BCUT2D eigenvalue weighted by molar-refractivity contribution is -0.312. The number of halogens is 2. The van der Waals surface area contributed by atoms with Crippen molar-refractivity contribution in [1.29, 1.82) is 0 Å². The number of ether oxygens (including phenoxy) is 7. The first kappa shape index (κ1) is 34.8. The Labute approximate surface area is 275 Å². The molecule has 2 aliphatic heterocycles. The van der Waals surface area contributed by atoms with Crippen molar-refractivity contribution in [2.75, 3.05) is 21.3 Å². The zero-order chi connectivity index (χ0) is 32.4. The van der Waals surface area contributed by atoms with Crippen molar-refractivity contribution in [3.8, 4) is 0 Å². The van der Waals surface area contributed by atoms with Gasteiger partial charge in [-0.1, -0.05) is 41.4 Å². The maximum Gasteiger partial charge on any atom is 0.340 e. The molecule has 252 valence electrons. The zero-order valence-corrected chi connectivity index (χ0v) is 28.1. The topological polar surface area (TPSA) is 116 Å². The van der Waals surface area contributed by atoms with Crippen molar-refractivity contribution in [2.45, 2.75) is 113 Å². The molecule has 0 spiro atoms. The summed E-state index contributed by atoms with van der Waals surface area (Å²) < 4.78 is 41.1. The first-order chi connectivity index (χ1) is 21.5. The molecule has 3 aliphatic carbocycles. The molecule has 0 radical (unpaired) electrons. The molecular formula is C33H46Cl2O10. The summed E-state index contributed by atoms with van der Waals surface area (Å²) in [5, 5.41) is 0. The molecule has 2 heterocycles. The summed E-state index contributed by atoms with van der Waals surface area (Å²) in [6.07, 6.45) is 6.67. The molecule has 3 fully saturated rings. The predicted octanol–water partition coefficient (Wildman–Crippen LogP) is 4.73. The maximum absolute atomic E-state index is 13.7. The van der Waals surface area contributed by atoms with Crippen molar-refractivity contribution in [1.82, 2.24) is 0 Å². The van der Waals surface area contributed by atoms with Gasteiger partial charge in [-0.15, -0.1) is 0 Å². The molecule has 0 aromatic carbocycles. The second-order valence-electron chi connectivity index (χ2n) is 13.1. The number of esters is 2. The average molecular weight is 674 g/mol. The number of hydrogen-bond acceptors (Lipinski definition) is 10. The van der Waals surface area contributed by atoms with Crippen LogP contribution in [-0.2, 0) is 47.5 Å². The van der Waals surface area contributed by atoms with E-state index < -0.39 is 41.5 Å². The highest BCUT2D eigenvalue weighted by Gasteiger charge is 2.53. The summed E-state index contributed by atoms with van der Waals surface area (Å²) in [5.41, 5.74) is 0.716. The molecule has 45 heavy (non-hydrogen) atoms. The molecule has 0 aromatic rings. The van der Waals surface area contributed by atoms with Crippen LogP contribution in [0.4, 0.5) is 0 Å². The lowest BCUT2D eigenvalue weighted by Gasteiger charge is -2.44. The molecule has 8 unspecified atom stereocenters. The van der Waals surface area contributed by atoms with Gasteiger partial charge in [0, 0.05) is 33.7 Å². The maximum atomic E-state index is 13.7. The highest BCUT2D eigenvalue weighted by atomic mass is 35.5. The Morgan fingerprint density at radius 2 is 1.67 bits per heavy atom. The largest absolute Gasteiger partial charge is 0.463 e. The van der Waals surface area contributed by atoms with Crippen LogP contribution in [0.25, 0.3) is 0 Å². The van der Waals surface area contributed by atoms with Crippen LogP contribution in [0.15, 0.2) is 23.8 Å². The molecule has 0 amide bonds. The zero-order valence-electron chi connectivity index (χ0n) is 26.6. The van der Waals surface area contributed by atoms with Gasteiger partial charge < -0.3 is 33.2 Å². The Hall–Kier alpha value is -1.53. The number of rotatable bonds is 7. The quantitative estimate of drug-likeness (QED) is 0.214. The van der Waals surface area contributed by atoms with Crippen LogP contribution in [0.5, 0.6) is 0 Å². The number of hydrogen-bond donors (Lipinski definition) is 0. The molecule has 12 heteroatoms. The van der Waals surface area contributed by atoms with Crippen molar-refractivity contribution >= 4 is 40.9 Å². The third-order valence-electron chi connectivity index (χ3n) is 10.3. The number of Topliss-reactive ketones (excluding diaryl/α,β-unsaturated/α-hetero) is 1. The summed E-state index contributed by atoms with van der Waals surface area (Å²) in [4.78, 5) is 37.8. The van der Waals surface area contributed by atoms with Crippen LogP contribution in [0.1, 0.15) is 58.8 Å². The number of alkyl halides is 2. The van der Waals surface area contributed by atoms with E-state index in [0.29, 0.717) is 18.4 Å². The minimum Gasteiger partial charge on any atom is -0.463 e. The van der Waals surface area contributed by atoms with Crippen molar-refractivity contribution in [2.24, 2.45) is 29.6 Å². The van der Waals surface area contributed by atoms with Gasteiger partial charge in [0.2, 0.25) is 4.84 Å². The van der Waals surface area contributed by atoms with Gasteiger partial charge >= 0.3 is 11.9 Å². The molecular weight excluding hydrogens is 627 g/mol. The molecule has 0 bridgehead atoms. The highest BCUT2D eigenvalue weighted by Crippen LogP contribution is 2.54. The van der Waals surface area contributed by atoms with E-state index in [1.807, 2.05) is 13.8 Å². The summed E-state index contributed by atoms with van der Waals surface area (Å²) in [7, 11) is 4.70. The Balaban J connectivity index is 1.34. The van der Waals surface area contributed by atoms with E-state index >= 15 is 0 Å². The van der Waals surface area contributed by atoms with Gasteiger partial charge in [-0.25, -0.2) is 4.79 Å². The SMILES string of the molecule is COC1CCCC(C)OC(=O)CC2C(=CC3C2C=CC2CC(O[C@@H]4O[C@H](C)[C@H](OC)[C@@H](OC)[C@H]4OC(=O)C(Cl)Cl)CC23)C(=O)C1. The number of methoxy groups -OCH3 is 3. The fourth-order valence-electron chi connectivity index (χ4n) is 8.18. The monoisotopic (exact) mass is 672 g/mol. The number of carbonyl (C=O) groups excluding carboxylic acids is 3. The molecule has 13 atom stereocenters. The van der Waals surface area contributed by atoms with Gasteiger partial charge in [0.1, 0.15) is 12.2 Å². The van der Waals surface area contributed by atoms with Crippen LogP contribution in [0.3, 0.4) is 0 Å². The minimum absolute atomic E-state index is 0.0140. The van der Waals surface area contributed by atoms with E-state index in [4.69, 9.17) is 56.4 Å². The molecule has 0 N–H and O–H groups in total. The smallest absolute Gasteiger partial charge is 0.340 e. The van der Waals surface area contributed by atoms with E-state index in [2.05, 4.69) is 18.2 Å². The Bertz CT molecular complexity index is 1140. The lowest BCUT2D eigenvalue weighted by atomic mass is 9.70. The first-order valence-electron chi connectivity index (χ1n) is 16.0. The third-order valence-corrected chi connectivity index (χ3v) is 10.7. The van der Waals surface area contributed by atoms with E-state index in [0.717, 1.165) is 25.7 Å². The van der Waals surface area contributed by atoms with Crippen molar-refractivity contribution < 1.29 is 47.5 Å². The molecule has 1 saturated carbocycles. The third kappa shape index (κ3) is 7.63. The fourth-order valence-corrected chi connectivity index (χ4v) is 8.29. The first-order valence-corrected chi connectivity index (χ1v) is 16.9.